The van der Waals surface area contributed by atoms with Crippen molar-refractivity contribution in [2.24, 2.45) is 0 Å². The first-order valence-electron chi connectivity index (χ1n) is 6.32. The van der Waals surface area contributed by atoms with Crippen LogP contribution < -0.4 is 10.1 Å². The second-order valence-electron chi connectivity index (χ2n) is 4.37. The summed E-state index contributed by atoms with van der Waals surface area (Å²) in [5.74, 6) is 0.177. The summed E-state index contributed by atoms with van der Waals surface area (Å²) in [4.78, 5) is 12.0. The SMILES string of the molecule is CC(Oc1ccc(C#N)c(Cl)c1)C(=O)Nc1ccccc1. The molecule has 4 nitrogen and oxygen atoms in total. The Morgan fingerprint density at radius 1 is 1.29 bits per heavy atom. The lowest BCUT2D eigenvalue weighted by Crippen LogP contribution is -2.30. The van der Waals surface area contributed by atoms with Gasteiger partial charge in [0.2, 0.25) is 0 Å². The number of nitriles is 1. The summed E-state index contributed by atoms with van der Waals surface area (Å²) < 4.78 is 5.52. The van der Waals surface area contributed by atoms with E-state index in [4.69, 9.17) is 21.6 Å². The van der Waals surface area contributed by atoms with E-state index in [9.17, 15) is 4.79 Å². The summed E-state index contributed by atoms with van der Waals surface area (Å²) in [5, 5.41) is 11.9. The Labute approximate surface area is 127 Å². The molecule has 2 aromatic carbocycles. The molecule has 1 amide bonds. The van der Waals surface area contributed by atoms with E-state index in [1.807, 2.05) is 24.3 Å². The molecular formula is C16H13ClN2O2. The van der Waals surface area contributed by atoms with Crippen molar-refractivity contribution in [2.45, 2.75) is 13.0 Å². The maximum absolute atomic E-state index is 12.0. The third-order valence-electron chi connectivity index (χ3n) is 2.78. The van der Waals surface area contributed by atoms with Crippen LogP contribution >= 0.6 is 11.6 Å². The minimum absolute atomic E-state index is 0.262. The maximum Gasteiger partial charge on any atom is 0.265 e. The quantitative estimate of drug-likeness (QED) is 0.938. The highest BCUT2D eigenvalue weighted by molar-refractivity contribution is 6.31. The molecule has 1 N–H and O–H groups in total. The van der Waals surface area contributed by atoms with Crippen LogP contribution in [0.25, 0.3) is 0 Å². The maximum atomic E-state index is 12.0. The minimum atomic E-state index is -0.686. The Morgan fingerprint density at radius 2 is 2.00 bits per heavy atom. The van der Waals surface area contributed by atoms with Crippen LogP contribution in [-0.4, -0.2) is 12.0 Å². The molecule has 0 spiro atoms. The smallest absolute Gasteiger partial charge is 0.265 e. The molecule has 21 heavy (non-hydrogen) atoms. The van der Waals surface area contributed by atoms with Gasteiger partial charge in [-0.05, 0) is 31.2 Å². The van der Waals surface area contributed by atoms with Gasteiger partial charge in [-0.3, -0.25) is 4.79 Å². The third-order valence-corrected chi connectivity index (χ3v) is 3.10. The van der Waals surface area contributed by atoms with Gasteiger partial charge in [-0.1, -0.05) is 29.8 Å². The first-order chi connectivity index (χ1) is 10.1. The predicted octanol–water partition coefficient (Wildman–Crippen LogP) is 3.62. The summed E-state index contributed by atoms with van der Waals surface area (Å²) in [6.07, 6.45) is -0.686. The zero-order chi connectivity index (χ0) is 15.2. The van der Waals surface area contributed by atoms with Crippen LogP contribution in [0.2, 0.25) is 5.02 Å². The fraction of sp³-hybridized carbons (Fsp3) is 0.125. The molecule has 2 rings (SSSR count). The zero-order valence-electron chi connectivity index (χ0n) is 11.3. The molecule has 1 atom stereocenters. The number of nitrogens with zero attached hydrogens (tertiary/aromatic N) is 1. The number of halogens is 1. The van der Waals surface area contributed by atoms with Gasteiger partial charge in [0.25, 0.3) is 5.91 Å². The standard InChI is InChI=1S/C16H13ClN2O2/c1-11(16(20)19-13-5-3-2-4-6-13)21-14-8-7-12(10-18)15(17)9-14/h2-9,11H,1H3,(H,19,20). The van der Waals surface area contributed by atoms with E-state index in [0.717, 1.165) is 0 Å². The van der Waals surface area contributed by atoms with Gasteiger partial charge in [0, 0.05) is 11.8 Å². The van der Waals surface area contributed by atoms with Crippen LogP contribution in [0.3, 0.4) is 0 Å². The number of benzene rings is 2. The predicted molar refractivity (Wildman–Crippen MR) is 81.3 cm³/mol. The second kappa shape index (κ2) is 6.78. The van der Waals surface area contributed by atoms with Crippen LogP contribution in [-0.2, 0) is 4.79 Å². The Morgan fingerprint density at radius 3 is 2.62 bits per heavy atom. The van der Waals surface area contributed by atoms with Crippen LogP contribution in [0.5, 0.6) is 5.75 Å². The van der Waals surface area contributed by atoms with Crippen molar-refractivity contribution in [2.75, 3.05) is 5.32 Å². The molecule has 1 unspecified atom stereocenters. The van der Waals surface area contributed by atoms with Gasteiger partial charge in [0.15, 0.2) is 6.10 Å². The lowest BCUT2D eigenvalue weighted by Gasteiger charge is -2.15. The summed E-state index contributed by atoms with van der Waals surface area (Å²) in [6, 6.07) is 15.8. The fourth-order valence-electron chi connectivity index (χ4n) is 1.68. The van der Waals surface area contributed by atoms with Gasteiger partial charge in [-0.25, -0.2) is 0 Å². The summed E-state index contributed by atoms with van der Waals surface area (Å²) in [5.41, 5.74) is 1.07. The van der Waals surface area contributed by atoms with Crippen molar-refractivity contribution >= 4 is 23.2 Å². The highest BCUT2D eigenvalue weighted by atomic mass is 35.5. The van der Waals surface area contributed by atoms with Gasteiger partial charge in [-0.2, -0.15) is 5.26 Å². The number of amides is 1. The van der Waals surface area contributed by atoms with Crippen molar-refractivity contribution in [3.8, 4) is 11.8 Å². The number of carbonyl (C=O) groups excluding carboxylic acids is 1. The van der Waals surface area contributed by atoms with Crippen molar-refractivity contribution < 1.29 is 9.53 Å². The fourth-order valence-corrected chi connectivity index (χ4v) is 1.90. The van der Waals surface area contributed by atoms with Crippen molar-refractivity contribution in [1.29, 1.82) is 5.26 Å². The van der Waals surface area contributed by atoms with Gasteiger partial charge in [-0.15, -0.1) is 0 Å². The third kappa shape index (κ3) is 3.98. The van der Waals surface area contributed by atoms with E-state index in [0.29, 0.717) is 22.0 Å². The Kier molecular flexibility index (Phi) is 4.81. The molecule has 0 aromatic heterocycles. The molecular weight excluding hydrogens is 288 g/mol. The lowest BCUT2D eigenvalue weighted by molar-refractivity contribution is -0.122. The molecule has 5 heteroatoms. The van der Waals surface area contributed by atoms with Crippen LogP contribution in [0.4, 0.5) is 5.69 Å². The molecule has 106 valence electrons. The molecule has 0 aliphatic heterocycles. The normalized spacial score (nSPS) is 11.3. The van der Waals surface area contributed by atoms with E-state index >= 15 is 0 Å². The second-order valence-corrected chi connectivity index (χ2v) is 4.78. The van der Waals surface area contributed by atoms with Gasteiger partial charge in [0.05, 0.1) is 10.6 Å². The van der Waals surface area contributed by atoms with E-state index in [1.54, 1.807) is 31.2 Å². The average Bonchev–Trinajstić information content (AvgIpc) is 2.48. The van der Waals surface area contributed by atoms with E-state index in [1.165, 1.54) is 6.07 Å². The summed E-state index contributed by atoms with van der Waals surface area (Å²) in [7, 11) is 0. The largest absolute Gasteiger partial charge is 0.481 e. The highest BCUT2D eigenvalue weighted by Gasteiger charge is 2.15. The van der Waals surface area contributed by atoms with Crippen molar-refractivity contribution in [3.63, 3.8) is 0 Å². The van der Waals surface area contributed by atoms with Crippen LogP contribution in [0.15, 0.2) is 48.5 Å². The Hall–Kier alpha value is -2.51. The zero-order valence-corrected chi connectivity index (χ0v) is 12.1. The monoisotopic (exact) mass is 300 g/mol. The molecule has 0 aliphatic rings. The Bertz CT molecular complexity index is 680. The minimum Gasteiger partial charge on any atom is -0.481 e. The van der Waals surface area contributed by atoms with Gasteiger partial charge < -0.3 is 10.1 Å². The number of carbonyl (C=O) groups is 1. The van der Waals surface area contributed by atoms with Gasteiger partial charge >= 0.3 is 0 Å². The molecule has 2 aromatic rings. The molecule has 0 saturated heterocycles. The van der Waals surface area contributed by atoms with E-state index in [2.05, 4.69) is 5.32 Å². The molecule has 0 bridgehead atoms. The number of ether oxygens (including phenoxy) is 1. The lowest BCUT2D eigenvalue weighted by atomic mass is 10.2. The number of rotatable bonds is 4. The molecule has 0 saturated carbocycles. The molecule has 0 radical (unpaired) electrons. The summed E-state index contributed by atoms with van der Waals surface area (Å²) >= 11 is 5.92. The Balaban J connectivity index is 2.01. The number of hydrogen-bond acceptors (Lipinski definition) is 3. The molecule has 0 heterocycles. The van der Waals surface area contributed by atoms with Crippen molar-refractivity contribution in [1.82, 2.24) is 0 Å². The van der Waals surface area contributed by atoms with Crippen molar-refractivity contribution in [3.05, 3.63) is 59.1 Å². The average molecular weight is 301 g/mol. The van der Waals surface area contributed by atoms with Crippen LogP contribution in [0, 0.1) is 11.3 Å². The number of anilines is 1. The molecule has 0 aliphatic carbocycles. The van der Waals surface area contributed by atoms with Gasteiger partial charge in [0.1, 0.15) is 11.8 Å². The first-order valence-corrected chi connectivity index (χ1v) is 6.70. The number of para-hydroxylation sites is 1. The molecule has 0 fully saturated rings. The van der Waals surface area contributed by atoms with Crippen LogP contribution in [0.1, 0.15) is 12.5 Å². The topological polar surface area (TPSA) is 62.1 Å². The number of hydrogen-bond donors (Lipinski definition) is 1. The first kappa shape index (κ1) is 14.9. The highest BCUT2D eigenvalue weighted by Crippen LogP contribution is 2.22. The van der Waals surface area contributed by atoms with E-state index in [-0.39, 0.29) is 5.91 Å². The van der Waals surface area contributed by atoms with E-state index < -0.39 is 6.10 Å². The number of nitrogens with one attached hydrogen (secondary N) is 1. The summed E-state index contributed by atoms with van der Waals surface area (Å²) in [6.45, 7) is 1.64.